The highest BCUT2D eigenvalue weighted by molar-refractivity contribution is 5.96. The van der Waals surface area contributed by atoms with Crippen LogP contribution in [0.5, 0.6) is 0 Å². The van der Waals surface area contributed by atoms with Gasteiger partial charge in [0.1, 0.15) is 5.56 Å². The Morgan fingerprint density at radius 2 is 2.27 bits per heavy atom. The van der Waals surface area contributed by atoms with E-state index in [-0.39, 0.29) is 11.0 Å². The lowest BCUT2D eigenvalue weighted by molar-refractivity contribution is 0.0999. The fourth-order valence-corrected chi connectivity index (χ4v) is 2.36. The van der Waals surface area contributed by atoms with Crippen molar-refractivity contribution in [3.05, 3.63) is 58.1 Å². The molecule has 0 bridgehead atoms. The summed E-state index contributed by atoms with van der Waals surface area (Å²) in [6.07, 6.45) is 4.87. The van der Waals surface area contributed by atoms with Gasteiger partial charge in [-0.15, -0.1) is 0 Å². The van der Waals surface area contributed by atoms with Gasteiger partial charge in [-0.05, 0) is 17.7 Å². The second-order valence-corrected chi connectivity index (χ2v) is 4.99. The van der Waals surface area contributed by atoms with Crippen LogP contribution in [0.3, 0.4) is 0 Å². The molecule has 0 aliphatic carbocycles. The molecule has 2 aromatic heterocycles. The lowest BCUT2D eigenvalue weighted by Crippen LogP contribution is -2.23. The molecule has 112 valence electrons. The Kier molecular flexibility index (Phi) is 3.38. The fraction of sp³-hybridized carbons (Fsp3) is 0.133. The zero-order valence-electron chi connectivity index (χ0n) is 12.0. The molecule has 3 rings (SSSR count). The Morgan fingerprint density at radius 1 is 1.45 bits per heavy atom. The van der Waals surface area contributed by atoms with Gasteiger partial charge in [-0.3, -0.25) is 9.59 Å². The molecule has 22 heavy (non-hydrogen) atoms. The summed E-state index contributed by atoms with van der Waals surface area (Å²) in [6, 6.07) is 5.45. The lowest BCUT2D eigenvalue weighted by atomic mass is 10.1. The molecule has 0 aliphatic rings. The Balaban J connectivity index is 1.99. The number of amides is 1. The van der Waals surface area contributed by atoms with Crippen LogP contribution in [-0.4, -0.2) is 20.4 Å². The molecule has 3 aromatic rings. The smallest absolute Gasteiger partial charge is 0.254 e. The number of primary amides is 1. The minimum atomic E-state index is -0.717. The maximum atomic E-state index is 12.2. The number of aryl methyl sites for hydroxylation is 1. The van der Waals surface area contributed by atoms with Crippen molar-refractivity contribution in [1.29, 1.82) is 0 Å². The average molecular weight is 297 g/mol. The van der Waals surface area contributed by atoms with Crippen LogP contribution in [0.4, 0.5) is 5.95 Å². The maximum Gasteiger partial charge on any atom is 0.254 e. The van der Waals surface area contributed by atoms with Crippen molar-refractivity contribution in [3.8, 4) is 0 Å². The summed E-state index contributed by atoms with van der Waals surface area (Å²) in [5.74, 6) is -0.0378. The van der Waals surface area contributed by atoms with E-state index in [2.05, 4.69) is 15.3 Å². The lowest BCUT2D eigenvalue weighted by Gasteiger charge is -2.10. The first-order valence-electron chi connectivity index (χ1n) is 6.71. The highest BCUT2D eigenvalue weighted by Crippen LogP contribution is 2.14. The number of hydrogen-bond acceptors (Lipinski definition) is 4. The molecule has 0 aliphatic heterocycles. The van der Waals surface area contributed by atoms with E-state index in [9.17, 15) is 9.59 Å². The second-order valence-electron chi connectivity index (χ2n) is 4.99. The number of rotatable bonds is 4. The summed E-state index contributed by atoms with van der Waals surface area (Å²) in [4.78, 5) is 30.6. The second kappa shape index (κ2) is 5.36. The van der Waals surface area contributed by atoms with E-state index >= 15 is 0 Å². The number of pyridine rings is 1. The van der Waals surface area contributed by atoms with E-state index in [1.54, 1.807) is 30.1 Å². The third-order valence-corrected chi connectivity index (χ3v) is 3.48. The molecule has 0 spiro atoms. The highest BCUT2D eigenvalue weighted by atomic mass is 16.2. The van der Waals surface area contributed by atoms with Gasteiger partial charge in [-0.25, -0.2) is 4.98 Å². The van der Waals surface area contributed by atoms with Gasteiger partial charge >= 0.3 is 0 Å². The molecule has 7 nitrogen and oxygen atoms in total. The van der Waals surface area contributed by atoms with Gasteiger partial charge in [0.2, 0.25) is 5.43 Å². The molecule has 0 saturated heterocycles. The summed E-state index contributed by atoms with van der Waals surface area (Å²) < 4.78 is 1.73. The molecule has 0 atom stereocenters. The summed E-state index contributed by atoms with van der Waals surface area (Å²) in [5, 5.41) is 3.61. The first-order valence-corrected chi connectivity index (χ1v) is 6.71. The number of nitrogens with one attached hydrogen (secondary N) is 2. The van der Waals surface area contributed by atoms with Crippen LogP contribution in [-0.2, 0) is 13.6 Å². The van der Waals surface area contributed by atoms with Crippen molar-refractivity contribution in [2.24, 2.45) is 12.8 Å². The standard InChI is InChI=1S/C15H15N5O2/c1-20-8-11(14(16)22)13(21)10-3-2-9(6-12(10)20)7-19-15-17-4-5-18-15/h2-6,8H,7H2,1H3,(H2,16,22)(H2,17,18,19). The Morgan fingerprint density at radius 3 is 2.95 bits per heavy atom. The molecule has 0 saturated carbocycles. The summed E-state index contributed by atoms with van der Waals surface area (Å²) >= 11 is 0. The van der Waals surface area contributed by atoms with Gasteiger partial charge in [-0.2, -0.15) is 0 Å². The van der Waals surface area contributed by atoms with E-state index in [1.807, 2.05) is 12.1 Å². The van der Waals surface area contributed by atoms with Crippen LogP contribution >= 0.6 is 0 Å². The molecule has 0 fully saturated rings. The van der Waals surface area contributed by atoms with Crippen LogP contribution in [0.1, 0.15) is 15.9 Å². The number of nitrogens with zero attached hydrogens (tertiary/aromatic N) is 2. The first-order chi connectivity index (χ1) is 10.6. The van der Waals surface area contributed by atoms with Gasteiger partial charge < -0.3 is 20.6 Å². The number of anilines is 1. The van der Waals surface area contributed by atoms with E-state index in [0.29, 0.717) is 17.9 Å². The third kappa shape index (κ3) is 2.44. The van der Waals surface area contributed by atoms with Crippen LogP contribution in [0.15, 0.2) is 41.6 Å². The molecule has 0 radical (unpaired) electrons. The molecule has 7 heteroatoms. The quantitative estimate of drug-likeness (QED) is 0.667. The number of H-pyrrole nitrogens is 1. The zero-order valence-corrected chi connectivity index (χ0v) is 12.0. The normalized spacial score (nSPS) is 10.8. The molecule has 4 N–H and O–H groups in total. The van der Waals surface area contributed by atoms with E-state index in [0.717, 1.165) is 11.1 Å². The Labute approximate surface area is 125 Å². The molecular formula is C15H15N5O2. The highest BCUT2D eigenvalue weighted by Gasteiger charge is 2.12. The molecule has 0 unspecified atom stereocenters. The summed E-state index contributed by atoms with van der Waals surface area (Å²) in [7, 11) is 1.78. The number of imidazole rings is 1. The van der Waals surface area contributed by atoms with Crippen LogP contribution in [0.2, 0.25) is 0 Å². The number of nitrogens with two attached hydrogens (primary N) is 1. The van der Waals surface area contributed by atoms with Crippen LogP contribution < -0.4 is 16.5 Å². The van der Waals surface area contributed by atoms with Crippen molar-refractivity contribution in [2.45, 2.75) is 6.54 Å². The number of carbonyl (C=O) groups is 1. The fourth-order valence-electron chi connectivity index (χ4n) is 2.36. The third-order valence-electron chi connectivity index (χ3n) is 3.48. The zero-order chi connectivity index (χ0) is 15.7. The van der Waals surface area contributed by atoms with E-state index in [4.69, 9.17) is 5.73 Å². The maximum absolute atomic E-state index is 12.2. The minimum absolute atomic E-state index is 0.00328. The number of aromatic amines is 1. The van der Waals surface area contributed by atoms with Gasteiger partial charge in [0, 0.05) is 37.6 Å². The molecule has 1 amide bonds. The number of carbonyl (C=O) groups excluding carboxylic acids is 1. The molecular weight excluding hydrogens is 282 g/mol. The van der Waals surface area contributed by atoms with Crippen molar-refractivity contribution >= 4 is 22.8 Å². The van der Waals surface area contributed by atoms with Gasteiger partial charge in [-0.1, -0.05) is 6.07 Å². The Hall–Kier alpha value is -3.09. The average Bonchev–Trinajstić information content (AvgIpc) is 3.01. The monoisotopic (exact) mass is 297 g/mol. The number of fused-ring (bicyclic) bond motifs is 1. The number of aromatic nitrogens is 3. The summed E-state index contributed by atoms with van der Waals surface area (Å²) in [5.41, 5.74) is 6.62. The number of benzene rings is 1. The predicted octanol–water partition coefficient (Wildman–Crippen LogP) is 0.973. The van der Waals surface area contributed by atoms with E-state index < -0.39 is 5.91 Å². The SMILES string of the molecule is Cn1cc(C(N)=O)c(=O)c2ccc(CNc3ncc[nH]3)cc21. The minimum Gasteiger partial charge on any atom is -0.365 e. The van der Waals surface area contributed by atoms with Crippen molar-refractivity contribution in [3.63, 3.8) is 0 Å². The van der Waals surface area contributed by atoms with Crippen molar-refractivity contribution in [1.82, 2.24) is 14.5 Å². The van der Waals surface area contributed by atoms with Gasteiger partial charge in [0.25, 0.3) is 5.91 Å². The predicted molar refractivity (Wildman–Crippen MR) is 83.6 cm³/mol. The largest absolute Gasteiger partial charge is 0.365 e. The number of hydrogen-bond donors (Lipinski definition) is 3. The topological polar surface area (TPSA) is 106 Å². The Bertz CT molecular complexity index is 896. The van der Waals surface area contributed by atoms with E-state index in [1.165, 1.54) is 6.20 Å². The van der Waals surface area contributed by atoms with Gasteiger partial charge in [0.15, 0.2) is 5.95 Å². The van der Waals surface area contributed by atoms with Crippen molar-refractivity contribution in [2.75, 3.05) is 5.32 Å². The van der Waals surface area contributed by atoms with Crippen LogP contribution in [0, 0.1) is 0 Å². The summed E-state index contributed by atoms with van der Waals surface area (Å²) in [6.45, 7) is 0.565. The van der Waals surface area contributed by atoms with Gasteiger partial charge in [0.05, 0.1) is 5.52 Å². The van der Waals surface area contributed by atoms with Crippen molar-refractivity contribution < 1.29 is 4.79 Å². The molecule has 1 aromatic carbocycles. The first kappa shape index (κ1) is 13.9. The molecule has 2 heterocycles. The van der Waals surface area contributed by atoms with Crippen LogP contribution in [0.25, 0.3) is 10.9 Å².